The third kappa shape index (κ3) is 3.81. The van der Waals surface area contributed by atoms with Crippen LogP contribution in [0.15, 0.2) is 41.5 Å². The van der Waals surface area contributed by atoms with E-state index in [1.165, 1.54) is 47.1 Å². The highest BCUT2D eigenvalue weighted by atomic mass is 16.2. The van der Waals surface area contributed by atoms with Crippen LogP contribution in [0, 0.1) is 0 Å². The van der Waals surface area contributed by atoms with Gasteiger partial charge in [-0.25, -0.2) is 5.43 Å². The van der Waals surface area contributed by atoms with Gasteiger partial charge >= 0.3 is 0 Å². The van der Waals surface area contributed by atoms with Gasteiger partial charge in [-0.1, -0.05) is 30.3 Å². The molecule has 2 aromatic rings. The highest BCUT2D eigenvalue weighted by Gasteiger charge is 2.24. The van der Waals surface area contributed by atoms with Crippen molar-refractivity contribution in [3.8, 4) is 0 Å². The summed E-state index contributed by atoms with van der Waals surface area (Å²) in [7, 11) is 6.01. The van der Waals surface area contributed by atoms with Crippen LogP contribution in [0.2, 0.25) is 0 Å². The number of hydrazone groups is 1. The number of aryl methyl sites for hydroxylation is 2. The summed E-state index contributed by atoms with van der Waals surface area (Å²) in [4.78, 5) is 12.3. The Morgan fingerprint density at radius 1 is 0.963 bits per heavy atom. The molecule has 0 atom stereocenters. The monoisotopic (exact) mass is 362 g/mol. The lowest BCUT2D eigenvalue weighted by atomic mass is 9.80. The minimum absolute atomic E-state index is 0.0578. The van der Waals surface area contributed by atoms with Crippen molar-refractivity contribution in [3.63, 3.8) is 0 Å². The third-order valence-electron chi connectivity index (χ3n) is 5.39. The fourth-order valence-corrected chi connectivity index (χ4v) is 4.16. The van der Waals surface area contributed by atoms with E-state index in [4.69, 9.17) is 0 Å². The Morgan fingerprint density at radius 3 is 2.41 bits per heavy atom. The van der Waals surface area contributed by atoms with Crippen LogP contribution in [0.4, 0.5) is 0 Å². The molecular formula is C23H28N3O+. The molecule has 4 heteroatoms. The summed E-state index contributed by atoms with van der Waals surface area (Å²) in [6.07, 6.45) is 5.80. The van der Waals surface area contributed by atoms with E-state index in [-0.39, 0.29) is 5.91 Å². The molecular weight excluding hydrogens is 334 g/mol. The van der Waals surface area contributed by atoms with Gasteiger partial charge in [0.15, 0.2) is 6.54 Å². The van der Waals surface area contributed by atoms with Crippen LogP contribution in [0.25, 0.3) is 0 Å². The Morgan fingerprint density at radius 2 is 1.67 bits per heavy atom. The van der Waals surface area contributed by atoms with Crippen LogP contribution < -0.4 is 5.43 Å². The number of nitrogens with one attached hydrogen (secondary N) is 1. The average Bonchev–Trinajstić information content (AvgIpc) is 2.62. The van der Waals surface area contributed by atoms with E-state index < -0.39 is 0 Å². The van der Waals surface area contributed by atoms with Crippen molar-refractivity contribution < 1.29 is 9.28 Å². The second-order valence-electron chi connectivity index (χ2n) is 8.76. The van der Waals surface area contributed by atoms with Crippen molar-refractivity contribution in [2.45, 2.75) is 32.1 Å². The largest absolute Gasteiger partial charge is 0.323 e. The van der Waals surface area contributed by atoms with Crippen molar-refractivity contribution in [1.82, 2.24) is 5.43 Å². The molecule has 2 aromatic carbocycles. The zero-order valence-electron chi connectivity index (χ0n) is 16.5. The average molecular weight is 362 g/mol. The molecule has 140 valence electrons. The molecule has 0 radical (unpaired) electrons. The van der Waals surface area contributed by atoms with Gasteiger partial charge in [0.05, 0.1) is 26.9 Å². The Labute approximate surface area is 161 Å². The van der Waals surface area contributed by atoms with Gasteiger partial charge in [-0.3, -0.25) is 4.79 Å². The van der Waals surface area contributed by atoms with Gasteiger partial charge in [0.2, 0.25) is 0 Å². The zero-order chi connectivity index (χ0) is 19.0. The van der Waals surface area contributed by atoms with Gasteiger partial charge in [0.25, 0.3) is 5.91 Å². The molecule has 0 saturated carbocycles. The molecule has 0 aliphatic heterocycles. The van der Waals surface area contributed by atoms with Gasteiger partial charge in [-0.05, 0) is 60.4 Å². The smallest absolute Gasteiger partial charge is 0.295 e. The van der Waals surface area contributed by atoms with Gasteiger partial charge in [-0.15, -0.1) is 0 Å². The number of quaternary nitrogens is 1. The first-order valence-corrected chi connectivity index (χ1v) is 9.81. The molecule has 0 bridgehead atoms. The van der Waals surface area contributed by atoms with E-state index in [0.717, 1.165) is 24.1 Å². The lowest BCUT2D eigenvalue weighted by Crippen LogP contribution is -2.43. The highest BCUT2D eigenvalue weighted by molar-refractivity contribution is 6.16. The Balaban J connectivity index is 1.74. The Kier molecular flexibility index (Phi) is 4.60. The quantitative estimate of drug-likeness (QED) is 0.565. The van der Waals surface area contributed by atoms with Crippen molar-refractivity contribution in [2.24, 2.45) is 5.10 Å². The molecule has 0 unspecified atom stereocenters. The SMILES string of the molecule is C[N+](C)(C)CC(=O)NN=C1c2ccccc2Cc2cc3c(cc21)CCCC3. The van der Waals surface area contributed by atoms with Crippen LogP contribution in [0.5, 0.6) is 0 Å². The molecule has 1 N–H and O–H groups in total. The summed E-state index contributed by atoms with van der Waals surface area (Å²) in [6.45, 7) is 0.398. The number of amides is 1. The fourth-order valence-electron chi connectivity index (χ4n) is 4.16. The number of carbonyl (C=O) groups excluding carboxylic acids is 1. The summed E-state index contributed by atoms with van der Waals surface area (Å²) >= 11 is 0. The number of rotatable bonds is 3. The first-order chi connectivity index (χ1) is 12.9. The second kappa shape index (κ2) is 6.93. The van der Waals surface area contributed by atoms with Crippen LogP contribution in [-0.4, -0.2) is 43.8 Å². The van der Waals surface area contributed by atoms with Crippen LogP contribution in [-0.2, 0) is 24.1 Å². The molecule has 4 rings (SSSR count). The first kappa shape index (κ1) is 17.9. The molecule has 1 amide bonds. The number of fused-ring (bicyclic) bond motifs is 3. The molecule has 0 saturated heterocycles. The van der Waals surface area contributed by atoms with E-state index >= 15 is 0 Å². The highest BCUT2D eigenvalue weighted by Crippen LogP contribution is 2.32. The van der Waals surface area contributed by atoms with Gasteiger partial charge in [-0.2, -0.15) is 5.10 Å². The number of carbonyl (C=O) groups is 1. The summed E-state index contributed by atoms with van der Waals surface area (Å²) in [5, 5.41) is 4.61. The van der Waals surface area contributed by atoms with E-state index in [1.807, 2.05) is 27.2 Å². The third-order valence-corrected chi connectivity index (χ3v) is 5.39. The molecule has 2 aliphatic carbocycles. The van der Waals surface area contributed by atoms with E-state index in [1.54, 1.807) is 0 Å². The van der Waals surface area contributed by atoms with E-state index in [9.17, 15) is 4.79 Å². The van der Waals surface area contributed by atoms with Crippen LogP contribution in [0.1, 0.15) is 46.2 Å². The van der Waals surface area contributed by atoms with Crippen LogP contribution >= 0.6 is 0 Å². The normalized spacial score (nSPS) is 17.1. The number of hydrogen-bond acceptors (Lipinski definition) is 2. The predicted octanol–water partition coefficient (Wildman–Crippen LogP) is 3.04. The predicted molar refractivity (Wildman–Crippen MR) is 109 cm³/mol. The Bertz CT molecular complexity index is 922. The lowest BCUT2D eigenvalue weighted by molar-refractivity contribution is -0.862. The second-order valence-corrected chi connectivity index (χ2v) is 8.76. The van der Waals surface area contributed by atoms with Gasteiger partial charge in [0, 0.05) is 11.1 Å². The maximum absolute atomic E-state index is 12.3. The maximum atomic E-state index is 12.3. The van der Waals surface area contributed by atoms with Crippen molar-refractivity contribution in [2.75, 3.05) is 27.7 Å². The lowest BCUT2D eigenvalue weighted by Gasteiger charge is -2.26. The topological polar surface area (TPSA) is 41.5 Å². The van der Waals surface area contributed by atoms with Crippen molar-refractivity contribution in [3.05, 3.63) is 69.8 Å². The van der Waals surface area contributed by atoms with Gasteiger partial charge < -0.3 is 4.48 Å². The minimum Gasteiger partial charge on any atom is -0.323 e. The van der Waals surface area contributed by atoms with E-state index in [0.29, 0.717) is 11.0 Å². The number of likely N-dealkylation sites (N-methyl/N-ethyl adjacent to an activating group) is 1. The molecule has 4 nitrogen and oxygen atoms in total. The van der Waals surface area contributed by atoms with Gasteiger partial charge in [0.1, 0.15) is 0 Å². The molecule has 0 spiro atoms. The van der Waals surface area contributed by atoms with E-state index in [2.05, 4.69) is 40.9 Å². The molecule has 0 aromatic heterocycles. The standard InChI is InChI=1S/C23H27N3O/c1-26(2,3)15-22(27)24-25-23-20-11-7-6-10-18(20)13-19-12-16-8-4-5-9-17(16)14-21(19)23/h6-7,10-12,14H,4-5,8-9,13,15H2,1-3H3/p+1. The molecule has 0 fully saturated rings. The number of benzene rings is 2. The van der Waals surface area contributed by atoms with Crippen molar-refractivity contribution >= 4 is 11.6 Å². The van der Waals surface area contributed by atoms with Crippen molar-refractivity contribution in [1.29, 1.82) is 0 Å². The fraction of sp³-hybridized carbons (Fsp3) is 0.391. The van der Waals surface area contributed by atoms with Crippen LogP contribution in [0.3, 0.4) is 0 Å². The maximum Gasteiger partial charge on any atom is 0.295 e. The molecule has 0 heterocycles. The summed E-state index contributed by atoms with van der Waals surface area (Å²) in [5.74, 6) is -0.0578. The minimum atomic E-state index is -0.0578. The zero-order valence-corrected chi connectivity index (χ0v) is 16.5. The summed E-state index contributed by atoms with van der Waals surface area (Å²) in [6, 6.07) is 13.1. The summed E-state index contributed by atoms with van der Waals surface area (Å²) in [5.41, 5.74) is 11.6. The molecule has 27 heavy (non-hydrogen) atoms. The summed E-state index contributed by atoms with van der Waals surface area (Å²) < 4.78 is 0.581. The molecule has 2 aliphatic rings. The number of hydrogen-bond donors (Lipinski definition) is 1. The first-order valence-electron chi connectivity index (χ1n) is 9.81. The number of nitrogens with zero attached hydrogens (tertiary/aromatic N) is 2. The Hall–Kier alpha value is -2.46.